The molecule has 116 valence electrons. The average Bonchev–Trinajstić information content (AvgIpc) is 2.69. The fraction of sp³-hybridized carbons (Fsp3) is 0.267. The molecule has 0 unspecified atom stereocenters. The zero-order valence-electron chi connectivity index (χ0n) is 11.2. The molecule has 0 atom stereocenters. The molecule has 1 aromatic carbocycles. The van der Waals surface area contributed by atoms with E-state index in [1.165, 1.54) is 12.1 Å². The number of carbonyl (C=O) groups is 1. The van der Waals surface area contributed by atoms with Gasteiger partial charge < -0.3 is 4.57 Å². The van der Waals surface area contributed by atoms with E-state index in [9.17, 15) is 18.0 Å². The van der Waals surface area contributed by atoms with E-state index in [-0.39, 0.29) is 23.6 Å². The van der Waals surface area contributed by atoms with Crippen molar-refractivity contribution in [2.75, 3.05) is 0 Å². The van der Waals surface area contributed by atoms with Crippen molar-refractivity contribution in [2.45, 2.75) is 25.3 Å². The van der Waals surface area contributed by atoms with Crippen molar-refractivity contribution in [1.82, 2.24) is 4.57 Å². The Hall–Kier alpha value is -1.02. The Bertz CT molecular complexity index is 752. The molecular weight excluding hydrogens is 430 g/mol. The normalized spacial score (nSPS) is 16.7. The van der Waals surface area contributed by atoms with Gasteiger partial charge in [-0.2, -0.15) is 8.78 Å². The van der Waals surface area contributed by atoms with E-state index in [0.29, 0.717) is 14.8 Å². The number of nitrogens with zero attached hydrogens (tertiary/aromatic N) is 1. The molecule has 0 aliphatic heterocycles. The third kappa shape index (κ3) is 2.78. The Morgan fingerprint density at radius 1 is 1.32 bits per heavy atom. The summed E-state index contributed by atoms with van der Waals surface area (Å²) < 4.78 is 42.7. The highest BCUT2D eigenvalue weighted by Gasteiger charge is 2.45. The Balaban J connectivity index is 2.01. The molecule has 1 aliphatic rings. The molecule has 1 aromatic heterocycles. The summed E-state index contributed by atoms with van der Waals surface area (Å²) >= 11 is 7.70. The highest BCUT2D eigenvalue weighted by atomic mass is 127. The molecule has 2 nitrogen and oxygen atoms in total. The second-order valence-corrected chi connectivity index (χ2v) is 6.84. The van der Waals surface area contributed by atoms with Crippen LogP contribution in [0.25, 0.3) is 0 Å². The number of carbonyl (C=O) groups excluding carboxylic acids is 1. The molecule has 0 radical (unpaired) electrons. The Labute approximate surface area is 143 Å². The quantitative estimate of drug-likeness (QED) is 0.622. The molecular formula is C15H10ClF3INO. The first kappa shape index (κ1) is 15.9. The Kier molecular flexibility index (Phi) is 4.01. The van der Waals surface area contributed by atoms with Crippen molar-refractivity contribution in [3.05, 3.63) is 55.6 Å². The van der Waals surface area contributed by atoms with Gasteiger partial charge in [-0.3, -0.25) is 4.79 Å². The van der Waals surface area contributed by atoms with Crippen LogP contribution < -0.4 is 0 Å². The number of aromatic nitrogens is 1. The van der Waals surface area contributed by atoms with Crippen LogP contribution in [0.1, 0.15) is 28.0 Å². The lowest BCUT2D eigenvalue weighted by atomic mass is 9.93. The second kappa shape index (κ2) is 5.56. The zero-order chi connectivity index (χ0) is 16.1. The number of rotatable bonds is 2. The maximum atomic E-state index is 13.6. The number of ketones is 1. The molecule has 3 rings (SSSR count). The van der Waals surface area contributed by atoms with Crippen molar-refractivity contribution in [2.24, 2.45) is 0 Å². The standard InChI is InChI=1S/C15H10ClF3INO/c16-9-3-8(4-10(17)5-9)6-21-7-11(20)13-12(21)1-2-15(18,19)14(13)22/h3-5,7H,1-2,6H2. The maximum absolute atomic E-state index is 13.6. The van der Waals surface area contributed by atoms with E-state index in [2.05, 4.69) is 0 Å². The molecule has 0 spiro atoms. The largest absolute Gasteiger partial charge is 0.345 e. The lowest BCUT2D eigenvalue weighted by molar-refractivity contribution is 0.00154. The van der Waals surface area contributed by atoms with Crippen LogP contribution in [0.15, 0.2) is 24.4 Å². The van der Waals surface area contributed by atoms with Crippen LogP contribution in [0.4, 0.5) is 13.2 Å². The van der Waals surface area contributed by atoms with Gasteiger partial charge in [0.2, 0.25) is 5.78 Å². The molecule has 22 heavy (non-hydrogen) atoms. The summed E-state index contributed by atoms with van der Waals surface area (Å²) in [5.41, 5.74) is 1.27. The maximum Gasteiger partial charge on any atom is 0.310 e. The second-order valence-electron chi connectivity index (χ2n) is 5.24. The monoisotopic (exact) mass is 439 g/mol. The van der Waals surface area contributed by atoms with Gasteiger partial charge in [0, 0.05) is 33.4 Å². The molecule has 1 aliphatic carbocycles. The van der Waals surface area contributed by atoms with E-state index in [4.69, 9.17) is 11.6 Å². The van der Waals surface area contributed by atoms with Gasteiger partial charge in [-0.05, 0) is 52.8 Å². The van der Waals surface area contributed by atoms with Crippen LogP contribution in [0, 0.1) is 9.39 Å². The predicted molar refractivity (Wildman–Crippen MR) is 85.3 cm³/mol. The third-order valence-electron chi connectivity index (χ3n) is 3.65. The number of Topliss-reactive ketones (excluding diaryl/α,β-unsaturated/α-hetero) is 1. The average molecular weight is 440 g/mol. The Morgan fingerprint density at radius 3 is 2.73 bits per heavy atom. The van der Waals surface area contributed by atoms with Crippen LogP contribution in [-0.2, 0) is 13.0 Å². The third-order valence-corrected chi connectivity index (χ3v) is 4.69. The van der Waals surface area contributed by atoms with Gasteiger partial charge in [-0.15, -0.1) is 0 Å². The molecule has 0 fully saturated rings. The first-order valence-electron chi connectivity index (χ1n) is 6.53. The molecule has 0 saturated carbocycles. The van der Waals surface area contributed by atoms with Crippen LogP contribution in [0.5, 0.6) is 0 Å². The lowest BCUT2D eigenvalue weighted by Crippen LogP contribution is -2.34. The topological polar surface area (TPSA) is 22.0 Å². The molecule has 0 amide bonds. The number of benzene rings is 1. The van der Waals surface area contributed by atoms with Gasteiger partial charge in [0.05, 0.1) is 5.56 Å². The fourth-order valence-corrected chi connectivity index (χ4v) is 3.82. The predicted octanol–water partition coefficient (Wildman–Crippen LogP) is 4.70. The number of alkyl halides is 2. The number of fused-ring (bicyclic) bond motifs is 1. The molecule has 0 bridgehead atoms. The van der Waals surface area contributed by atoms with Gasteiger partial charge in [0.25, 0.3) is 0 Å². The Morgan fingerprint density at radius 2 is 2.05 bits per heavy atom. The molecule has 0 N–H and O–H groups in total. The van der Waals surface area contributed by atoms with Gasteiger partial charge in [-0.1, -0.05) is 11.6 Å². The minimum atomic E-state index is -3.30. The zero-order valence-corrected chi connectivity index (χ0v) is 14.1. The van der Waals surface area contributed by atoms with Gasteiger partial charge in [0.1, 0.15) is 5.82 Å². The van der Waals surface area contributed by atoms with Gasteiger partial charge in [0.15, 0.2) is 0 Å². The fourth-order valence-electron chi connectivity index (χ4n) is 2.68. The van der Waals surface area contributed by atoms with Crippen LogP contribution in [0.2, 0.25) is 5.02 Å². The van der Waals surface area contributed by atoms with Crippen molar-refractivity contribution in [1.29, 1.82) is 0 Å². The SMILES string of the molecule is O=C1c2c(I)cn(Cc3cc(F)cc(Cl)c3)c2CCC1(F)F. The van der Waals surface area contributed by atoms with Crippen LogP contribution in [0.3, 0.4) is 0 Å². The van der Waals surface area contributed by atoms with E-state index in [0.717, 1.165) is 0 Å². The summed E-state index contributed by atoms with van der Waals surface area (Å²) in [6, 6.07) is 4.15. The van der Waals surface area contributed by atoms with E-state index < -0.39 is 23.9 Å². The summed E-state index contributed by atoms with van der Waals surface area (Å²) in [6.45, 7) is 0.279. The highest BCUT2D eigenvalue weighted by molar-refractivity contribution is 14.1. The van der Waals surface area contributed by atoms with E-state index in [1.807, 2.05) is 22.6 Å². The number of hydrogen-bond acceptors (Lipinski definition) is 1. The van der Waals surface area contributed by atoms with Crippen LogP contribution in [-0.4, -0.2) is 16.3 Å². The van der Waals surface area contributed by atoms with Gasteiger partial charge in [-0.25, -0.2) is 4.39 Å². The minimum absolute atomic E-state index is 0.0827. The molecule has 2 aromatic rings. The van der Waals surface area contributed by atoms with Crippen molar-refractivity contribution >= 4 is 40.0 Å². The van der Waals surface area contributed by atoms with E-state index >= 15 is 0 Å². The van der Waals surface area contributed by atoms with Crippen LogP contribution >= 0.6 is 34.2 Å². The lowest BCUT2D eigenvalue weighted by Gasteiger charge is -2.22. The van der Waals surface area contributed by atoms with E-state index in [1.54, 1.807) is 16.8 Å². The molecule has 1 heterocycles. The van der Waals surface area contributed by atoms with Crippen molar-refractivity contribution in [3.63, 3.8) is 0 Å². The smallest absolute Gasteiger partial charge is 0.310 e. The highest BCUT2D eigenvalue weighted by Crippen LogP contribution is 2.36. The minimum Gasteiger partial charge on any atom is -0.345 e. The first-order valence-corrected chi connectivity index (χ1v) is 7.99. The number of halogens is 5. The summed E-state index contributed by atoms with van der Waals surface area (Å²) in [4.78, 5) is 11.9. The molecule has 7 heteroatoms. The summed E-state index contributed by atoms with van der Waals surface area (Å²) in [5, 5.41) is 0.272. The summed E-state index contributed by atoms with van der Waals surface area (Å²) in [6.07, 6.45) is 1.26. The summed E-state index contributed by atoms with van der Waals surface area (Å²) in [5.74, 6) is -4.89. The number of hydrogen-bond donors (Lipinski definition) is 0. The van der Waals surface area contributed by atoms with Crippen molar-refractivity contribution in [3.8, 4) is 0 Å². The first-order chi connectivity index (χ1) is 10.3. The van der Waals surface area contributed by atoms with Gasteiger partial charge >= 0.3 is 5.92 Å². The summed E-state index contributed by atoms with van der Waals surface area (Å²) in [7, 11) is 0. The van der Waals surface area contributed by atoms with Crippen molar-refractivity contribution < 1.29 is 18.0 Å². The molecule has 0 saturated heterocycles.